The molecule has 29 heavy (non-hydrogen) atoms. The zero-order valence-corrected chi connectivity index (χ0v) is 15.8. The van der Waals surface area contributed by atoms with Gasteiger partial charge in [0.1, 0.15) is 12.3 Å². The molecule has 0 fully saturated rings. The quantitative estimate of drug-likeness (QED) is 0.611. The van der Waals surface area contributed by atoms with Crippen LogP contribution in [-0.4, -0.2) is 37.7 Å². The van der Waals surface area contributed by atoms with Gasteiger partial charge >= 0.3 is 12.3 Å². The Morgan fingerprint density at radius 1 is 1.21 bits per heavy atom. The van der Waals surface area contributed by atoms with E-state index in [1.165, 1.54) is 34.6 Å². The van der Waals surface area contributed by atoms with Crippen LogP contribution in [0.1, 0.15) is 5.56 Å². The van der Waals surface area contributed by atoms with Gasteiger partial charge in [0.05, 0.1) is 6.33 Å². The summed E-state index contributed by atoms with van der Waals surface area (Å²) < 4.78 is 32.1. The number of imidazole rings is 1. The third-order valence-electron chi connectivity index (χ3n) is 4.39. The highest BCUT2D eigenvalue weighted by Crippen LogP contribution is 2.15. The molecule has 2 aromatic heterocycles. The van der Waals surface area contributed by atoms with Gasteiger partial charge in [-0.1, -0.05) is 12.1 Å². The highest BCUT2D eigenvalue weighted by Gasteiger charge is 2.16. The smallest absolute Gasteiger partial charge is 0.387 e. The molecule has 1 aromatic carbocycles. The fourth-order valence-corrected chi connectivity index (χ4v) is 2.92. The number of aryl methyl sites for hydroxylation is 2. The van der Waals surface area contributed by atoms with E-state index in [0.717, 1.165) is 10.1 Å². The van der Waals surface area contributed by atoms with Crippen molar-refractivity contribution in [2.45, 2.75) is 19.6 Å². The van der Waals surface area contributed by atoms with Crippen molar-refractivity contribution in [3.63, 3.8) is 0 Å². The lowest BCUT2D eigenvalue weighted by atomic mass is 10.1. The van der Waals surface area contributed by atoms with E-state index < -0.39 is 30.3 Å². The first-order valence-corrected chi connectivity index (χ1v) is 8.69. The molecule has 0 aliphatic rings. The Morgan fingerprint density at radius 2 is 1.90 bits per heavy atom. The van der Waals surface area contributed by atoms with Crippen molar-refractivity contribution in [3.8, 4) is 5.75 Å². The van der Waals surface area contributed by atoms with Gasteiger partial charge in [-0.3, -0.25) is 14.2 Å². The van der Waals surface area contributed by atoms with Crippen LogP contribution in [0.2, 0.25) is 0 Å². The zero-order chi connectivity index (χ0) is 21.1. The number of rotatable bonds is 7. The van der Waals surface area contributed by atoms with Crippen molar-refractivity contribution in [2.24, 2.45) is 14.1 Å². The third kappa shape index (κ3) is 4.33. The van der Waals surface area contributed by atoms with Gasteiger partial charge in [0.2, 0.25) is 5.91 Å². The van der Waals surface area contributed by atoms with Gasteiger partial charge in [0.25, 0.3) is 5.56 Å². The molecule has 154 valence electrons. The van der Waals surface area contributed by atoms with Gasteiger partial charge in [0.15, 0.2) is 11.2 Å². The molecule has 11 heteroatoms. The molecule has 0 aliphatic heterocycles. The molecule has 0 aliphatic carbocycles. The molecule has 0 spiro atoms. The Morgan fingerprint density at radius 3 is 2.55 bits per heavy atom. The van der Waals surface area contributed by atoms with Crippen LogP contribution in [0.4, 0.5) is 8.78 Å². The Labute approximate surface area is 163 Å². The number of carbonyl (C=O) groups is 1. The Bertz CT molecular complexity index is 1150. The van der Waals surface area contributed by atoms with E-state index in [4.69, 9.17) is 0 Å². The van der Waals surface area contributed by atoms with E-state index in [9.17, 15) is 23.2 Å². The molecular weight excluding hydrogens is 388 g/mol. The van der Waals surface area contributed by atoms with Gasteiger partial charge in [-0.25, -0.2) is 14.3 Å². The molecule has 3 rings (SSSR count). The van der Waals surface area contributed by atoms with Gasteiger partial charge in [-0.2, -0.15) is 8.78 Å². The largest absolute Gasteiger partial charge is 0.435 e. The molecule has 0 atom stereocenters. The molecule has 0 unspecified atom stereocenters. The fourth-order valence-electron chi connectivity index (χ4n) is 2.92. The summed E-state index contributed by atoms with van der Waals surface area (Å²) in [4.78, 5) is 41.2. The number of hydrogen-bond acceptors (Lipinski definition) is 5. The molecule has 0 bridgehead atoms. The first-order chi connectivity index (χ1) is 13.8. The predicted molar refractivity (Wildman–Crippen MR) is 100 cm³/mol. The number of amides is 1. The van der Waals surface area contributed by atoms with Crippen LogP contribution in [0.25, 0.3) is 11.2 Å². The SMILES string of the molecule is Cn1cnc2c1c(=O)n(CC(=O)NCCc1ccc(OC(F)F)cc1)c(=O)n2C. The van der Waals surface area contributed by atoms with Crippen LogP contribution in [0.5, 0.6) is 5.75 Å². The number of alkyl halides is 2. The normalized spacial score (nSPS) is 11.2. The highest BCUT2D eigenvalue weighted by molar-refractivity contribution is 5.76. The summed E-state index contributed by atoms with van der Waals surface area (Å²) in [6.07, 6.45) is 1.86. The first-order valence-electron chi connectivity index (χ1n) is 8.69. The average molecular weight is 407 g/mol. The van der Waals surface area contributed by atoms with Crippen LogP contribution >= 0.6 is 0 Å². The molecule has 9 nitrogen and oxygen atoms in total. The summed E-state index contributed by atoms with van der Waals surface area (Å²) >= 11 is 0. The van der Waals surface area contributed by atoms with Gasteiger partial charge in [-0.05, 0) is 24.1 Å². The molecule has 1 amide bonds. The Kier molecular flexibility index (Phi) is 5.76. The summed E-state index contributed by atoms with van der Waals surface area (Å²) in [6.45, 7) is -3.06. The standard InChI is InChI=1S/C18H19F2N5O4/c1-23-10-22-15-14(23)16(27)25(18(28)24(15)2)9-13(26)21-8-7-11-3-5-12(6-4-11)29-17(19)20/h3-6,10,17H,7-9H2,1-2H3,(H,21,26). The fraction of sp³-hybridized carbons (Fsp3) is 0.333. The second kappa shape index (κ2) is 8.25. The number of hydrogen-bond donors (Lipinski definition) is 1. The molecule has 1 N–H and O–H groups in total. The van der Waals surface area contributed by atoms with Crippen molar-refractivity contribution in [1.29, 1.82) is 0 Å². The molecule has 0 radical (unpaired) electrons. The van der Waals surface area contributed by atoms with Crippen LogP contribution in [0, 0.1) is 0 Å². The second-order valence-corrected chi connectivity index (χ2v) is 6.38. The molecule has 2 heterocycles. The summed E-state index contributed by atoms with van der Waals surface area (Å²) in [5, 5.41) is 2.64. The van der Waals surface area contributed by atoms with Crippen LogP contribution in [0.15, 0.2) is 40.2 Å². The van der Waals surface area contributed by atoms with E-state index in [1.54, 1.807) is 19.2 Å². The topological polar surface area (TPSA) is 100 Å². The maximum atomic E-state index is 12.6. The third-order valence-corrected chi connectivity index (χ3v) is 4.39. The van der Waals surface area contributed by atoms with Crippen molar-refractivity contribution in [3.05, 3.63) is 57.0 Å². The van der Waals surface area contributed by atoms with E-state index in [2.05, 4.69) is 15.0 Å². The lowest BCUT2D eigenvalue weighted by Gasteiger charge is -2.10. The molecule has 0 saturated heterocycles. The van der Waals surface area contributed by atoms with E-state index >= 15 is 0 Å². The van der Waals surface area contributed by atoms with E-state index in [0.29, 0.717) is 6.42 Å². The number of benzene rings is 1. The number of aromatic nitrogens is 4. The Balaban J connectivity index is 1.64. The molecular formula is C18H19F2N5O4. The van der Waals surface area contributed by atoms with Crippen molar-refractivity contribution >= 4 is 17.1 Å². The minimum absolute atomic E-state index is 0.0496. The summed E-state index contributed by atoms with van der Waals surface area (Å²) in [6, 6.07) is 6.05. The summed E-state index contributed by atoms with van der Waals surface area (Å²) in [5.41, 5.74) is 0.0552. The van der Waals surface area contributed by atoms with Crippen LogP contribution in [0.3, 0.4) is 0 Å². The minimum Gasteiger partial charge on any atom is -0.435 e. The number of ether oxygens (including phenoxy) is 1. The number of fused-ring (bicyclic) bond motifs is 1. The van der Waals surface area contributed by atoms with Crippen molar-refractivity contribution < 1.29 is 18.3 Å². The lowest BCUT2D eigenvalue weighted by Crippen LogP contribution is -2.43. The number of carbonyl (C=O) groups excluding carboxylic acids is 1. The monoisotopic (exact) mass is 407 g/mol. The van der Waals surface area contributed by atoms with Crippen molar-refractivity contribution in [2.75, 3.05) is 6.54 Å². The van der Waals surface area contributed by atoms with Crippen LogP contribution < -0.4 is 21.3 Å². The highest BCUT2D eigenvalue weighted by atomic mass is 19.3. The van der Waals surface area contributed by atoms with E-state index in [-0.39, 0.29) is 23.5 Å². The van der Waals surface area contributed by atoms with Gasteiger partial charge in [-0.15, -0.1) is 0 Å². The van der Waals surface area contributed by atoms with Crippen molar-refractivity contribution in [1.82, 2.24) is 24.0 Å². The van der Waals surface area contributed by atoms with Gasteiger partial charge < -0.3 is 14.6 Å². The average Bonchev–Trinajstić information content (AvgIpc) is 3.06. The zero-order valence-electron chi connectivity index (χ0n) is 15.8. The lowest BCUT2D eigenvalue weighted by molar-refractivity contribution is -0.121. The van der Waals surface area contributed by atoms with Crippen LogP contribution in [-0.2, 0) is 31.9 Å². The number of nitrogens with one attached hydrogen (secondary N) is 1. The maximum absolute atomic E-state index is 12.6. The second-order valence-electron chi connectivity index (χ2n) is 6.38. The molecule has 3 aromatic rings. The first kappa shape index (κ1) is 20.2. The Hall–Kier alpha value is -3.50. The number of halogens is 2. The summed E-state index contributed by atoms with van der Waals surface area (Å²) in [7, 11) is 3.11. The minimum atomic E-state index is -2.89. The van der Waals surface area contributed by atoms with E-state index in [1.807, 2.05) is 0 Å². The maximum Gasteiger partial charge on any atom is 0.387 e. The number of nitrogens with zero attached hydrogens (tertiary/aromatic N) is 4. The van der Waals surface area contributed by atoms with Gasteiger partial charge in [0, 0.05) is 20.6 Å². The summed E-state index contributed by atoms with van der Waals surface area (Å²) in [5.74, 6) is -0.447. The predicted octanol–water partition coefficient (Wildman–Crippen LogP) is 0.394. The molecule has 0 saturated carbocycles.